The van der Waals surface area contributed by atoms with E-state index in [9.17, 15) is 21.6 Å². The molecular weight excluding hydrogens is 335 g/mol. The first-order valence-electron chi connectivity index (χ1n) is 6.21. The molecule has 0 aliphatic rings. The van der Waals surface area contributed by atoms with Crippen LogP contribution in [-0.4, -0.2) is 26.1 Å². The summed E-state index contributed by atoms with van der Waals surface area (Å²) in [6.07, 6.45) is -1.69. The maximum Gasteiger partial charge on any atom is 0.402 e. The summed E-state index contributed by atoms with van der Waals surface area (Å²) in [5.41, 5.74) is 5.65. The fourth-order valence-corrected chi connectivity index (χ4v) is 2.63. The van der Waals surface area contributed by atoms with Crippen LogP contribution in [0.3, 0.4) is 0 Å². The van der Waals surface area contributed by atoms with Gasteiger partial charge in [-0.25, -0.2) is 13.1 Å². The summed E-state index contributed by atoms with van der Waals surface area (Å²) in [6, 6.07) is 6.61. The van der Waals surface area contributed by atoms with Gasteiger partial charge < -0.3 is 10.5 Å². The number of rotatable bonds is 5. The second kappa shape index (κ2) is 6.42. The third-order valence-electron chi connectivity index (χ3n) is 2.62. The van der Waals surface area contributed by atoms with Gasteiger partial charge in [0.05, 0.1) is 16.8 Å². The lowest BCUT2D eigenvalue weighted by Gasteiger charge is -2.12. The van der Waals surface area contributed by atoms with Crippen LogP contribution in [0.25, 0.3) is 0 Å². The molecule has 0 aliphatic carbocycles. The van der Waals surface area contributed by atoms with Gasteiger partial charge >= 0.3 is 6.18 Å². The zero-order valence-electron chi connectivity index (χ0n) is 11.5. The Balaban J connectivity index is 2.18. The Kier molecular flexibility index (Phi) is 4.76. The van der Waals surface area contributed by atoms with Gasteiger partial charge in [0.1, 0.15) is 18.0 Å². The van der Waals surface area contributed by atoms with Crippen molar-refractivity contribution in [2.75, 3.05) is 12.3 Å². The number of sulfonamides is 1. The van der Waals surface area contributed by atoms with Crippen LogP contribution in [0.5, 0.6) is 11.5 Å². The molecule has 0 atom stereocenters. The predicted octanol–water partition coefficient (Wildman–Crippen LogP) is 2.30. The molecule has 2 rings (SSSR count). The van der Waals surface area contributed by atoms with Crippen LogP contribution in [0.2, 0.25) is 0 Å². The molecule has 1 aromatic carbocycles. The van der Waals surface area contributed by atoms with Crippen molar-refractivity contribution >= 4 is 15.7 Å². The van der Waals surface area contributed by atoms with E-state index in [0.29, 0.717) is 5.75 Å². The van der Waals surface area contributed by atoms with Crippen LogP contribution in [0.4, 0.5) is 18.9 Å². The minimum absolute atomic E-state index is 0.0382. The van der Waals surface area contributed by atoms with Gasteiger partial charge in [0, 0.05) is 6.20 Å². The first-order chi connectivity index (χ1) is 10.7. The van der Waals surface area contributed by atoms with Crippen molar-refractivity contribution in [2.24, 2.45) is 0 Å². The number of anilines is 1. The molecule has 0 amide bonds. The summed E-state index contributed by atoms with van der Waals surface area (Å²) in [6.45, 7) is -1.66. The SMILES string of the molecule is Nc1cc(S(=O)(=O)NCC(F)(F)F)ccc1Oc1cccnc1. The second-order valence-electron chi connectivity index (χ2n) is 4.43. The van der Waals surface area contributed by atoms with Crippen molar-refractivity contribution in [1.82, 2.24) is 9.71 Å². The number of ether oxygens (including phenoxy) is 1. The van der Waals surface area contributed by atoms with E-state index < -0.39 is 27.6 Å². The number of benzene rings is 1. The lowest BCUT2D eigenvalue weighted by Crippen LogP contribution is -2.33. The zero-order chi connectivity index (χ0) is 17.1. The highest BCUT2D eigenvalue weighted by Gasteiger charge is 2.30. The topological polar surface area (TPSA) is 94.3 Å². The first kappa shape index (κ1) is 17.0. The van der Waals surface area contributed by atoms with E-state index in [2.05, 4.69) is 4.98 Å². The number of nitrogens with one attached hydrogen (secondary N) is 1. The van der Waals surface area contributed by atoms with Crippen molar-refractivity contribution in [3.63, 3.8) is 0 Å². The number of pyridine rings is 1. The molecular formula is C13H12F3N3O3S. The van der Waals surface area contributed by atoms with Crippen LogP contribution >= 0.6 is 0 Å². The summed E-state index contributed by atoms with van der Waals surface area (Å²) < 4.78 is 66.8. The monoisotopic (exact) mass is 347 g/mol. The molecule has 23 heavy (non-hydrogen) atoms. The molecule has 0 aliphatic heterocycles. The van der Waals surface area contributed by atoms with Crippen molar-refractivity contribution < 1.29 is 26.3 Å². The predicted molar refractivity (Wildman–Crippen MR) is 76.4 cm³/mol. The largest absolute Gasteiger partial charge is 0.454 e. The van der Waals surface area contributed by atoms with Crippen LogP contribution in [-0.2, 0) is 10.0 Å². The fraction of sp³-hybridized carbons (Fsp3) is 0.154. The van der Waals surface area contributed by atoms with Gasteiger partial charge in [0.15, 0.2) is 0 Å². The molecule has 1 heterocycles. The Morgan fingerprint density at radius 2 is 2.00 bits per heavy atom. The molecule has 0 radical (unpaired) electrons. The Bertz CT molecular complexity index is 780. The number of hydrogen-bond donors (Lipinski definition) is 2. The van der Waals surface area contributed by atoms with Crippen molar-refractivity contribution in [2.45, 2.75) is 11.1 Å². The van der Waals surface area contributed by atoms with Gasteiger partial charge in [-0.3, -0.25) is 4.98 Å². The number of nitrogens with two attached hydrogens (primary N) is 1. The first-order valence-corrected chi connectivity index (χ1v) is 7.69. The highest BCUT2D eigenvalue weighted by molar-refractivity contribution is 7.89. The summed E-state index contributed by atoms with van der Waals surface area (Å²) >= 11 is 0. The molecule has 3 N–H and O–H groups in total. The second-order valence-corrected chi connectivity index (χ2v) is 6.20. The van der Waals surface area contributed by atoms with Crippen LogP contribution in [0.1, 0.15) is 0 Å². The van der Waals surface area contributed by atoms with E-state index in [1.165, 1.54) is 23.2 Å². The van der Waals surface area contributed by atoms with Gasteiger partial charge in [-0.1, -0.05) is 0 Å². The number of halogens is 3. The lowest BCUT2D eigenvalue weighted by molar-refractivity contribution is -0.121. The van der Waals surface area contributed by atoms with Crippen LogP contribution in [0, 0.1) is 0 Å². The number of nitrogen functional groups attached to an aromatic ring is 1. The zero-order valence-corrected chi connectivity index (χ0v) is 12.4. The Hall–Kier alpha value is -2.33. The third-order valence-corrected chi connectivity index (χ3v) is 4.02. The van der Waals surface area contributed by atoms with Gasteiger partial charge in [-0.15, -0.1) is 0 Å². The Labute approximate surface area is 130 Å². The van der Waals surface area contributed by atoms with E-state index in [4.69, 9.17) is 10.5 Å². The van der Waals surface area contributed by atoms with E-state index in [1.54, 1.807) is 12.1 Å². The van der Waals surface area contributed by atoms with E-state index in [-0.39, 0.29) is 11.4 Å². The Morgan fingerprint density at radius 3 is 2.57 bits per heavy atom. The lowest BCUT2D eigenvalue weighted by atomic mass is 10.3. The third kappa shape index (κ3) is 4.83. The normalized spacial score (nSPS) is 12.1. The van der Waals surface area contributed by atoms with Crippen LogP contribution < -0.4 is 15.2 Å². The molecule has 124 valence electrons. The van der Waals surface area contributed by atoms with Crippen molar-refractivity contribution in [3.05, 3.63) is 42.7 Å². The van der Waals surface area contributed by atoms with Gasteiger partial charge in [0.2, 0.25) is 10.0 Å². The minimum Gasteiger partial charge on any atom is -0.454 e. The standard InChI is InChI=1S/C13H12F3N3O3S/c14-13(15,16)8-19-23(20,21)10-3-4-12(11(17)6-10)22-9-2-1-5-18-7-9/h1-7,19H,8,17H2. The molecule has 0 unspecified atom stereocenters. The van der Waals surface area contributed by atoms with Crippen LogP contribution in [0.15, 0.2) is 47.6 Å². The molecule has 6 nitrogen and oxygen atoms in total. The summed E-state index contributed by atoms with van der Waals surface area (Å²) in [5.74, 6) is 0.540. The Morgan fingerprint density at radius 1 is 1.26 bits per heavy atom. The minimum atomic E-state index is -4.65. The molecule has 0 bridgehead atoms. The number of hydrogen-bond acceptors (Lipinski definition) is 5. The van der Waals surface area contributed by atoms with Crippen molar-refractivity contribution in [3.8, 4) is 11.5 Å². The molecule has 0 saturated heterocycles. The smallest absolute Gasteiger partial charge is 0.402 e. The number of aromatic nitrogens is 1. The highest BCUT2D eigenvalue weighted by atomic mass is 32.2. The summed E-state index contributed by atoms with van der Waals surface area (Å²) in [7, 11) is -4.32. The highest BCUT2D eigenvalue weighted by Crippen LogP contribution is 2.29. The van der Waals surface area contributed by atoms with Gasteiger partial charge in [-0.05, 0) is 30.3 Å². The average Bonchev–Trinajstić information content (AvgIpc) is 2.48. The number of alkyl halides is 3. The van der Waals surface area contributed by atoms with E-state index in [0.717, 1.165) is 12.1 Å². The molecule has 2 aromatic rings. The van der Waals surface area contributed by atoms with E-state index >= 15 is 0 Å². The maximum atomic E-state index is 12.1. The van der Waals surface area contributed by atoms with Crippen molar-refractivity contribution in [1.29, 1.82) is 0 Å². The average molecular weight is 347 g/mol. The van der Waals surface area contributed by atoms with E-state index in [1.807, 2.05) is 0 Å². The van der Waals surface area contributed by atoms with Gasteiger partial charge in [0.25, 0.3) is 0 Å². The fourth-order valence-electron chi connectivity index (χ4n) is 1.58. The summed E-state index contributed by atoms with van der Waals surface area (Å²) in [5, 5.41) is 0. The molecule has 0 spiro atoms. The molecule has 1 aromatic heterocycles. The quantitative estimate of drug-likeness (QED) is 0.810. The molecule has 0 fully saturated rings. The maximum absolute atomic E-state index is 12.1. The van der Waals surface area contributed by atoms with Gasteiger partial charge in [-0.2, -0.15) is 13.2 Å². The molecule has 0 saturated carbocycles. The molecule has 10 heteroatoms. The summed E-state index contributed by atoms with van der Waals surface area (Å²) in [4.78, 5) is 3.45. The number of nitrogens with zero attached hydrogens (tertiary/aromatic N) is 1.